The van der Waals surface area contributed by atoms with E-state index in [9.17, 15) is 4.79 Å². The Morgan fingerprint density at radius 1 is 0.938 bits per heavy atom. The summed E-state index contributed by atoms with van der Waals surface area (Å²) in [6, 6.07) is 15.6. The van der Waals surface area contributed by atoms with Crippen molar-refractivity contribution in [1.82, 2.24) is 10.3 Å². The molecular formula is C25H23Cl3N2O2. The number of benzene rings is 3. The van der Waals surface area contributed by atoms with Gasteiger partial charge in [-0.2, -0.15) is 0 Å². The summed E-state index contributed by atoms with van der Waals surface area (Å²) in [5.74, 6) is 0. The maximum Gasteiger partial charge on any atom is 0.407 e. The topological polar surface area (TPSA) is 54.1 Å². The first kappa shape index (κ1) is 22.8. The zero-order valence-corrected chi connectivity index (χ0v) is 20.3. The van der Waals surface area contributed by atoms with Crippen molar-refractivity contribution in [2.24, 2.45) is 0 Å². The lowest BCUT2D eigenvalue weighted by atomic mass is 9.98. The molecule has 0 fully saturated rings. The van der Waals surface area contributed by atoms with Crippen LogP contribution in [0.3, 0.4) is 0 Å². The average Bonchev–Trinajstić information content (AvgIpc) is 3.06. The molecule has 1 amide bonds. The number of aromatic nitrogens is 1. The number of carbonyl (C=O) groups excluding carboxylic acids is 1. The molecule has 0 aliphatic heterocycles. The molecule has 4 aromatic rings. The molecule has 0 bridgehead atoms. The van der Waals surface area contributed by atoms with Crippen LogP contribution in [0.25, 0.3) is 32.9 Å². The number of hydrogen-bond donors (Lipinski definition) is 2. The number of alkyl carbamates (subject to hydrolysis) is 1. The van der Waals surface area contributed by atoms with Gasteiger partial charge in [-0.1, -0.05) is 40.9 Å². The molecular weight excluding hydrogens is 467 g/mol. The lowest BCUT2D eigenvalue weighted by molar-refractivity contribution is 0.0528. The number of H-pyrrole nitrogens is 1. The van der Waals surface area contributed by atoms with Gasteiger partial charge < -0.3 is 15.0 Å². The second-order valence-corrected chi connectivity index (χ2v) is 9.93. The molecule has 3 aromatic carbocycles. The molecule has 7 heteroatoms. The summed E-state index contributed by atoms with van der Waals surface area (Å²) >= 11 is 18.7. The number of aromatic amines is 1. The van der Waals surface area contributed by atoms with Gasteiger partial charge >= 0.3 is 6.09 Å². The summed E-state index contributed by atoms with van der Waals surface area (Å²) < 4.78 is 5.34. The Morgan fingerprint density at radius 3 is 2.44 bits per heavy atom. The van der Waals surface area contributed by atoms with Gasteiger partial charge in [0, 0.05) is 33.4 Å². The highest BCUT2D eigenvalue weighted by Crippen LogP contribution is 2.36. The molecule has 0 aliphatic carbocycles. The molecule has 0 aliphatic rings. The van der Waals surface area contributed by atoms with Crippen LogP contribution in [0.1, 0.15) is 26.3 Å². The minimum absolute atomic E-state index is 0.433. The highest BCUT2D eigenvalue weighted by Gasteiger charge is 2.17. The monoisotopic (exact) mass is 488 g/mol. The highest BCUT2D eigenvalue weighted by molar-refractivity contribution is 6.42. The predicted molar refractivity (Wildman–Crippen MR) is 134 cm³/mol. The van der Waals surface area contributed by atoms with Gasteiger partial charge in [0.15, 0.2) is 0 Å². The largest absolute Gasteiger partial charge is 0.444 e. The van der Waals surface area contributed by atoms with Crippen molar-refractivity contribution in [3.63, 3.8) is 0 Å². The quantitative estimate of drug-likeness (QED) is 0.305. The molecule has 2 N–H and O–H groups in total. The summed E-state index contributed by atoms with van der Waals surface area (Å²) in [6.45, 7) is 5.95. The number of halogens is 3. The van der Waals surface area contributed by atoms with Gasteiger partial charge in [-0.15, -0.1) is 0 Å². The Hall–Kier alpha value is -2.40. The van der Waals surface area contributed by atoms with Gasteiger partial charge in [-0.05, 0) is 86.3 Å². The lowest BCUT2D eigenvalue weighted by Gasteiger charge is -2.19. The first-order chi connectivity index (χ1) is 15.1. The summed E-state index contributed by atoms with van der Waals surface area (Å²) in [5, 5.41) is 6.61. The highest BCUT2D eigenvalue weighted by atomic mass is 35.5. The van der Waals surface area contributed by atoms with Gasteiger partial charge in [0.05, 0.1) is 10.0 Å². The van der Waals surface area contributed by atoms with E-state index in [1.165, 1.54) is 0 Å². The zero-order valence-electron chi connectivity index (χ0n) is 18.0. The van der Waals surface area contributed by atoms with Gasteiger partial charge in [0.2, 0.25) is 0 Å². The molecule has 0 atom stereocenters. The van der Waals surface area contributed by atoms with Crippen molar-refractivity contribution in [2.45, 2.75) is 32.8 Å². The molecule has 4 rings (SSSR count). The van der Waals surface area contributed by atoms with Crippen LogP contribution in [-0.2, 0) is 11.2 Å². The first-order valence-electron chi connectivity index (χ1n) is 10.3. The van der Waals surface area contributed by atoms with Gasteiger partial charge in [-0.3, -0.25) is 0 Å². The average molecular weight is 490 g/mol. The van der Waals surface area contributed by atoms with Gasteiger partial charge in [-0.25, -0.2) is 4.79 Å². The third kappa shape index (κ3) is 4.98. The number of amides is 1. The van der Waals surface area contributed by atoms with E-state index < -0.39 is 11.7 Å². The van der Waals surface area contributed by atoms with Crippen molar-refractivity contribution in [3.05, 3.63) is 69.2 Å². The fourth-order valence-electron chi connectivity index (χ4n) is 3.70. The van der Waals surface area contributed by atoms with E-state index in [4.69, 9.17) is 39.5 Å². The minimum Gasteiger partial charge on any atom is -0.444 e. The number of fused-ring (bicyclic) bond motifs is 3. The third-order valence-electron chi connectivity index (χ3n) is 5.07. The minimum atomic E-state index is -0.540. The summed E-state index contributed by atoms with van der Waals surface area (Å²) in [4.78, 5) is 15.6. The molecule has 4 nitrogen and oxygen atoms in total. The van der Waals surface area contributed by atoms with E-state index in [1.807, 2.05) is 51.1 Å². The van der Waals surface area contributed by atoms with E-state index in [1.54, 1.807) is 6.07 Å². The Labute approximate surface area is 201 Å². The normalized spacial score (nSPS) is 11.8. The van der Waals surface area contributed by atoms with E-state index in [0.29, 0.717) is 28.0 Å². The van der Waals surface area contributed by atoms with Crippen LogP contribution >= 0.6 is 34.8 Å². The van der Waals surface area contributed by atoms with E-state index in [0.717, 1.165) is 38.5 Å². The molecule has 0 spiro atoms. The molecule has 0 saturated carbocycles. The molecule has 0 saturated heterocycles. The smallest absolute Gasteiger partial charge is 0.407 e. The second kappa shape index (κ2) is 8.86. The predicted octanol–water partition coefficient (Wildman–Crippen LogP) is 8.02. The van der Waals surface area contributed by atoms with Crippen LogP contribution in [-0.4, -0.2) is 23.2 Å². The fourth-order valence-corrected chi connectivity index (χ4v) is 4.17. The first-order valence-corrected chi connectivity index (χ1v) is 11.4. The summed E-state index contributed by atoms with van der Waals surface area (Å²) in [6.07, 6.45) is 0.184. The van der Waals surface area contributed by atoms with Crippen LogP contribution in [0, 0.1) is 0 Å². The molecule has 166 valence electrons. The Bertz CT molecular complexity index is 1320. The Kier molecular flexibility index (Phi) is 6.30. The number of nitrogens with one attached hydrogen (secondary N) is 2. The van der Waals surface area contributed by atoms with Crippen LogP contribution in [0.2, 0.25) is 15.1 Å². The van der Waals surface area contributed by atoms with Crippen LogP contribution < -0.4 is 5.32 Å². The SMILES string of the molecule is CC(C)(C)OC(=O)NCCc1cc(-c2ccc(Cl)c(Cl)c2)cc2c1[nH]c1ccc(Cl)cc12. The van der Waals surface area contributed by atoms with Crippen molar-refractivity contribution in [3.8, 4) is 11.1 Å². The fraction of sp³-hybridized carbons (Fsp3) is 0.240. The van der Waals surface area contributed by atoms with Gasteiger partial charge in [0.25, 0.3) is 0 Å². The standard InChI is InChI=1S/C25H23Cl3N2O2/c1-25(2,3)32-24(31)29-9-8-15-10-16(14-4-6-20(27)21(28)12-14)11-19-18-13-17(26)5-7-22(18)30-23(15)19/h4-7,10-13,30H,8-9H2,1-3H3,(H,29,31). The van der Waals surface area contributed by atoms with Crippen molar-refractivity contribution >= 4 is 62.7 Å². The summed E-state index contributed by atoms with van der Waals surface area (Å²) in [5.41, 5.74) is 4.49. The number of hydrogen-bond acceptors (Lipinski definition) is 2. The van der Waals surface area contributed by atoms with E-state index >= 15 is 0 Å². The number of rotatable bonds is 4. The molecule has 1 heterocycles. The second-order valence-electron chi connectivity index (χ2n) is 8.68. The van der Waals surface area contributed by atoms with Crippen LogP contribution in [0.5, 0.6) is 0 Å². The Balaban J connectivity index is 1.75. The number of carbonyl (C=O) groups is 1. The van der Waals surface area contributed by atoms with E-state index in [2.05, 4.69) is 22.4 Å². The van der Waals surface area contributed by atoms with Gasteiger partial charge in [0.1, 0.15) is 5.60 Å². The zero-order chi connectivity index (χ0) is 23.0. The Morgan fingerprint density at radius 2 is 1.72 bits per heavy atom. The maximum absolute atomic E-state index is 12.1. The van der Waals surface area contributed by atoms with Crippen LogP contribution in [0.4, 0.5) is 4.79 Å². The molecule has 1 aromatic heterocycles. The van der Waals surface area contributed by atoms with Crippen molar-refractivity contribution < 1.29 is 9.53 Å². The number of ether oxygens (including phenoxy) is 1. The van der Waals surface area contributed by atoms with E-state index in [-0.39, 0.29) is 0 Å². The van der Waals surface area contributed by atoms with Crippen molar-refractivity contribution in [1.29, 1.82) is 0 Å². The summed E-state index contributed by atoms with van der Waals surface area (Å²) in [7, 11) is 0. The molecule has 0 unspecified atom stereocenters. The maximum atomic E-state index is 12.1. The molecule has 32 heavy (non-hydrogen) atoms. The molecule has 0 radical (unpaired) electrons. The van der Waals surface area contributed by atoms with Crippen molar-refractivity contribution in [2.75, 3.05) is 6.54 Å². The lowest BCUT2D eigenvalue weighted by Crippen LogP contribution is -2.33. The third-order valence-corrected chi connectivity index (χ3v) is 6.04. The van der Waals surface area contributed by atoms with Crippen LogP contribution in [0.15, 0.2) is 48.5 Å².